The summed E-state index contributed by atoms with van der Waals surface area (Å²) >= 11 is 9.71. The second kappa shape index (κ2) is 6.97. The molecule has 0 spiro atoms. The van der Waals surface area contributed by atoms with Crippen molar-refractivity contribution in [2.45, 2.75) is 6.54 Å². The highest BCUT2D eigenvalue weighted by molar-refractivity contribution is 9.10. The summed E-state index contributed by atoms with van der Waals surface area (Å²) in [5.41, 5.74) is 7.29. The van der Waals surface area contributed by atoms with Crippen molar-refractivity contribution in [3.63, 3.8) is 0 Å². The van der Waals surface area contributed by atoms with Gasteiger partial charge in [0, 0.05) is 6.20 Å². The highest BCUT2D eigenvalue weighted by Gasteiger charge is 2.20. The molecule has 0 amide bonds. The summed E-state index contributed by atoms with van der Waals surface area (Å²) in [5, 5.41) is 1.06. The lowest BCUT2D eigenvalue weighted by molar-refractivity contribution is 0.322. The van der Waals surface area contributed by atoms with Gasteiger partial charge in [0.2, 0.25) is 11.7 Å². The van der Waals surface area contributed by atoms with E-state index in [0.717, 1.165) is 15.4 Å². The predicted octanol–water partition coefficient (Wildman–Crippen LogP) is 3.50. The molecule has 9 heteroatoms. The molecule has 25 heavy (non-hydrogen) atoms. The second-order valence-electron chi connectivity index (χ2n) is 5.17. The summed E-state index contributed by atoms with van der Waals surface area (Å²) < 4.78 is 19.0. The van der Waals surface area contributed by atoms with Gasteiger partial charge >= 0.3 is 0 Å². The minimum absolute atomic E-state index is 0.126. The lowest BCUT2D eigenvalue weighted by Gasteiger charge is -2.17. The van der Waals surface area contributed by atoms with Gasteiger partial charge in [0.1, 0.15) is 10.8 Å². The standard InChI is InChI=1S/C16H16BrClN4O3/c1-23-10-6-8(11(17)13(25-3)12(10)24-2)7-22-5-4-9-14(18)20-16(19)21-15(9)22/h4-6H,7H2,1-3H3,(H2,19,20,21). The quantitative estimate of drug-likeness (QED) is 0.627. The molecule has 0 fully saturated rings. The summed E-state index contributed by atoms with van der Waals surface area (Å²) in [7, 11) is 4.71. The monoisotopic (exact) mass is 426 g/mol. The van der Waals surface area contributed by atoms with Crippen molar-refractivity contribution < 1.29 is 14.2 Å². The lowest BCUT2D eigenvalue weighted by Crippen LogP contribution is -2.05. The van der Waals surface area contributed by atoms with E-state index >= 15 is 0 Å². The Morgan fingerprint density at radius 3 is 2.52 bits per heavy atom. The fourth-order valence-electron chi connectivity index (χ4n) is 2.64. The SMILES string of the molecule is COc1cc(Cn2ccc3c(Cl)nc(N)nc32)c(Br)c(OC)c1OC. The Balaban J connectivity index is 2.12. The van der Waals surface area contributed by atoms with Crippen LogP contribution in [-0.2, 0) is 6.54 Å². The first kappa shape index (κ1) is 17.6. The zero-order chi connectivity index (χ0) is 18.1. The number of benzene rings is 1. The second-order valence-corrected chi connectivity index (χ2v) is 6.32. The molecule has 0 bridgehead atoms. The maximum absolute atomic E-state index is 6.13. The van der Waals surface area contributed by atoms with Gasteiger partial charge in [0.15, 0.2) is 11.5 Å². The Labute approximate surface area is 157 Å². The van der Waals surface area contributed by atoms with Crippen LogP contribution in [0.4, 0.5) is 5.95 Å². The smallest absolute Gasteiger partial charge is 0.223 e. The van der Waals surface area contributed by atoms with Gasteiger partial charge in [-0.2, -0.15) is 4.98 Å². The van der Waals surface area contributed by atoms with Crippen molar-refractivity contribution in [2.75, 3.05) is 27.1 Å². The van der Waals surface area contributed by atoms with E-state index in [9.17, 15) is 0 Å². The number of aromatic nitrogens is 3. The number of rotatable bonds is 5. The van der Waals surface area contributed by atoms with E-state index in [4.69, 9.17) is 31.5 Å². The van der Waals surface area contributed by atoms with Gasteiger partial charge < -0.3 is 24.5 Å². The van der Waals surface area contributed by atoms with Crippen molar-refractivity contribution in [1.82, 2.24) is 14.5 Å². The molecule has 7 nitrogen and oxygen atoms in total. The molecule has 2 N–H and O–H groups in total. The van der Waals surface area contributed by atoms with Crippen LogP contribution in [0.3, 0.4) is 0 Å². The number of methoxy groups -OCH3 is 3. The summed E-state index contributed by atoms with van der Waals surface area (Å²) in [4.78, 5) is 8.25. The Kier molecular flexibility index (Phi) is 4.91. The Bertz CT molecular complexity index is 945. The third-order valence-corrected chi connectivity index (χ3v) is 4.93. The Morgan fingerprint density at radius 1 is 1.16 bits per heavy atom. The molecule has 2 heterocycles. The van der Waals surface area contributed by atoms with Gasteiger partial charge in [-0.15, -0.1) is 0 Å². The zero-order valence-corrected chi connectivity index (χ0v) is 16.2. The number of ether oxygens (including phenoxy) is 3. The van der Waals surface area contributed by atoms with Crippen LogP contribution in [0.1, 0.15) is 5.56 Å². The van der Waals surface area contributed by atoms with E-state index in [2.05, 4.69) is 25.9 Å². The number of nitrogens with zero attached hydrogens (tertiary/aromatic N) is 3. The first-order chi connectivity index (χ1) is 12.0. The zero-order valence-electron chi connectivity index (χ0n) is 13.8. The molecule has 3 rings (SSSR count). The van der Waals surface area contributed by atoms with Crippen molar-refractivity contribution in [2.24, 2.45) is 0 Å². The molecule has 132 valence electrons. The average molecular weight is 428 g/mol. The Morgan fingerprint density at radius 2 is 1.88 bits per heavy atom. The molecule has 0 aliphatic heterocycles. The fraction of sp³-hybridized carbons (Fsp3) is 0.250. The van der Waals surface area contributed by atoms with E-state index < -0.39 is 0 Å². The molecular weight excluding hydrogens is 412 g/mol. The van der Waals surface area contributed by atoms with Crippen LogP contribution in [0.25, 0.3) is 11.0 Å². The highest BCUT2D eigenvalue weighted by Crippen LogP contribution is 2.45. The van der Waals surface area contributed by atoms with Crippen LogP contribution in [0, 0.1) is 0 Å². The third kappa shape index (κ3) is 3.07. The highest BCUT2D eigenvalue weighted by atomic mass is 79.9. The van der Waals surface area contributed by atoms with Crippen LogP contribution >= 0.6 is 27.5 Å². The summed E-state index contributed by atoms with van der Waals surface area (Å²) in [6.45, 7) is 0.494. The van der Waals surface area contributed by atoms with E-state index in [1.54, 1.807) is 21.3 Å². The van der Waals surface area contributed by atoms with E-state index in [-0.39, 0.29) is 5.95 Å². The maximum atomic E-state index is 6.13. The third-order valence-electron chi connectivity index (χ3n) is 3.77. The molecule has 1 aromatic carbocycles. The van der Waals surface area contributed by atoms with Crippen LogP contribution in [0.15, 0.2) is 22.8 Å². The molecule has 0 aliphatic rings. The normalized spacial score (nSPS) is 10.9. The van der Waals surface area contributed by atoms with Gasteiger partial charge in [0.25, 0.3) is 0 Å². The Hall–Kier alpha value is -2.19. The molecule has 0 radical (unpaired) electrons. The van der Waals surface area contributed by atoms with Gasteiger partial charge in [-0.3, -0.25) is 0 Å². The minimum Gasteiger partial charge on any atom is -0.493 e. The van der Waals surface area contributed by atoms with Crippen molar-refractivity contribution in [1.29, 1.82) is 0 Å². The number of fused-ring (bicyclic) bond motifs is 1. The summed E-state index contributed by atoms with van der Waals surface area (Å²) in [6, 6.07) is 3.73. The van der Waals surface area contributed by atoms with Gasteiger partial charge in [-0.25, -0.2) is 4.98 Å². The van der Waals surface area contributed by atoms with Crippen molar-refractivity contribution in [3.8, 4) is 17.2 Å². The fourth-order valence-corrected chi connectivity index (χ4v) is 3.46. The number of hydrogen-bond donors (Lipinski definition) is 1. The predicted molar refractivity (Wildman–Crippen MR) is 99.9 cm³/mol. The van der Waals surface area contributed by atoms with E-state index in [0.29, 0.717) is 34.6 Å². The molecule has 3 aromatic rings. The molecule has 2 aromatic heterocycles. The molecule has 0 aliphatic carbocycles. The number of halogens is 2. The molecule has 0 saturated carbocycles. The minimum atomic E-state index is 0.126. The van der Waals surface area contributed by atoms with Crippen molar-refractivity contribution in [3.05, 3.63) is 33.5 Å². The van der Waals surface area contributed by atoms with Crippen LogP contribution < -0.4 is 19.9 Å². The topological polar surface area (TPSA) is 84.4 Å². The molecule has 0 atom stereocenters. The molecular formula is C16H16BrClN4O3. The number of hydrogen-bond acceptors (Lipinski definition) is 6. The van der Waals surface area contributed by atoms with Gasteiger partial charge in [-0.1, -0.05) is 11.6 Å². The van der Waals surface area contributed by atoms with Crippen LogP contribution in [0.2, 0.25) is 5.15 Å². The summed E-state index contributed by atoms with van der Waals surface area (Å²) in [5.74, 6) is 1.77. The number of nitrogen functional groups attached to an aromatic ring is 1. The van der Waals surface area contributed by atoms with Crippen LogP contribution in [-0.4, -0.2) is 35.9 Å². The lowest BCUT2D eigenvalue weighted by atomic mass is 10.1. The first-order valence-corrected chi connectivity index (χ1v) is 8.42. The maximum Gasteiger partial charge on any atom is 0.223 e. The first-order valence-electron chi connectivity index (χ1n) is 7.25. The van der Waals surface area contributed by atoms with Gasteiger partial charge in [0.05, 0.1) is 37.7 Å². The summed E-state index contributed by atoms with van der Waals surface area (Å²) in [6.07, 6.45) is 1.88. The van der Waals surface area contributed by atoms with Gasteiger partial charge in [-0.05, 0) is 33.6 Å². The number of anilines is 1. The van der Waals surface area contributed by atoms with E-state index in [1.165, 1.54) is 0 Å². The molecule has 0 unspecified atom stereocenters. The molecule has 0 saturated heterocycles. The number of nitrogens with two attached hydrogens (primary N) is 1. The largest absolute Gasteiger partial charge is 0.493 e. The average Bonchev–Trinajstić information content (AvgIpc) is 2.99. The van der Waals surface area contributed by atoms with Crippen LogP contribution in [0.5, 0.6) is 17.2 Å². The van der Waals surface area contributed by atoms with E-state index in [1.807, 2.05) is 22.9 Å². The van der Waals surface area contributed by atoms with Crippen molar-refractivity contribution >= 4 is 44.5 Å².